The van der Waals surface area contributed by atoms with E-state index < -0.39 is 5.82 Å². The zero-order valence-corrected chi connectivity index (χ0v) is 14.1. The van der Waals surface area contributed by atoms with E-state index in [1.807, 2.05) is 0 Å². The van der Waals surface area contributed by atoms with Crippen LogP contribution in [0.4, 0.5) is 4.39 Å². The molecule has 2 saturated heterocycles. The lowest BCUT2D eigenvalue weighted by Crippen LogP contribution is -3.21. The number of fused-ring (bicyclic) bond motifs is 2. The van der Waals surface area contributed by atoms with Crippen LogP contribution >= 0.6 is 0 Å². The molecule has 2 aliphatic heterocycles. The standard InChI is InChI=1S/C19H27FN2O/c1-13(2)12-22-15-6-5-7-16(22)11-14(10-15)21-19(23)17-8-3-4-9-18(17)20/h3-4,8-9,13-16H,5-7,10-12H2,1-2H3,(H,21,23)/p+1/t14?,15-,16+. The molecule has 1 aromatic rings. The molecule has 4 heteroatoms. The van der Waals surface area contributed by atoms with E-state index in [1.165, 1.54) is 31.9 Å². The lowest BCUT2D eigenvalue weighted by molar-refractivity contribution is -0.963. The maximum atomic E-state index is 13.8. The fraction of sp³-hybridized carbons (Fsp3) is 0.632. The molecule has 2 bridgehead atoms. The van der Waals surface area contributed by atoms with Crippen LogP contribution in [-0.2, 0) is 0 Å². The Balaban J connectivity index is 1.65. The van der Waals surface area contributed by atoms with Gasteiger partial charge in [0.15, 0.2) is 0 Å². The second-order valence-electron chi connectivity index (χ2n) is 7.62. The van der Waals surface area contributed by atoms with Gasteiger partial charge in [-0.05, 0) is 31.4 Å². The summed E-state index contributed by atoms with van der Waals surface area (Å²) in [5, 5.41) is 3.09. The SMILES string of the molecule is CC(C)C[NH+]1[C@@H]2CCC[C@H]1CC(NC(=O)c1ccccc1F)C2. The van der Waals surface area contributed by atoms with E-state index in [0.717, 1.165) is 12.8 Å². The molecule has 2 unspecified atom stereocenters. The number of quaternary nitrogens is 1. The smallest absolute Gasteiger partial charge is 0.254 e. The Hall–Kier alpha value is -1.42. The molecule has 4 atom stereocenters. The Morgan fingerprint density at radius 2 is 1.91 bits per heavy atom. The highest BCUT2D eigenvalue weighted by Crippen LogP contribution is 2.23. The van der Waals surface area contributed by atoms with E-state index in [9.17, 15) is 9.18 Å². The molecule has 2 heterocycles. The largest absolute Gasteiger partial charge is 0.349 e. The van der Waals surface area contributed by atoms with E-state index in [1.54, 1.807) is 23.1 Å². The summed E-state index contributed by atoms with van der Waals surface area (Å²) in [7, 11) is 0. The predicted octanol–water partition coefficient (Wildman–Crippen LogP) is 2.18. The number of carbonyl (C=O) groups is 1. The third-order valence-corrected chi connectivity index (χ3v) is 5.39. The van der Waals surface area contributed by atoms with Gasteiger partial charge < -0.3 is 10.2 Å². The summed E-state index contributed by atoms with van der Waals surface area (Å²) < 4.78 is 13.8. The molecular formula is C19H28FN2O+. The van der Waals surface area contributed by atoms with Gasteiger partial charge >= 0.3 is 0 Å². The highest BCUT2D eigenvalue weighted by molar-refractivity contribution is 5.94. The van der Waals surface area contributed by atoms with Crippen molar-refractivity contribution in [2.75, 3.05) is 6.54 Å². The number of nitrogens with one attached hydrogen (secondary N) is 2. The van der Waals surface area contributed by atoms with E-state index in [-0.39, 0.29) is 17.5 Å². The molecule has 1 aromatic carbocycles. The van der Waals surface area contributed by atoms with Crippen molar-refractivity contribution in [1.29, 1.82) is 0 Å². The zero-order chi connectivity index (χ0) is 16.4. The van der Waals surface area contributed by atoms with Crippen LogP contribution in [0.1, 0.15) is 56.3 Å². The van der Waals surface area contributed by atoms with Crippen LogP contribution in [0, 0.1) is 11.7 Å². The Labute approximate surface area is 138 Å². The van der Waals surface area contributed by atoms with Crippen LogP contribution in [0.3, 0.4) is 0 Å². The van der Waals surface area contributed by atoms with Gasteiger partial charge in [0.05, 0.1) is 24.2 Å². The van der Waals surface area contributed by atoms with Crippen molar-refractivity contribution < 1.29 is 14.1 Å². The van der Waals surface area contributed by atoms with Crippen LogP contribution in [0.25, 0.3) is 0 Å². The third kappa shape index (κ3) is 3.74. The van der Waals surface area contributed by atoms with Crippen molar-refractivity contribution in [2.45, 2.75) is 64.1 Å². The summed E-state index contributed by atoms with van der Waals surface area (Å²) in [6, 6.07) is 7.72. The topological polar surface area (TPSA) is 33.5 Å². The molecule has 0 radical (unpaired) electrons. The monoisotopic (exact) mass is 319 g/mol. The quantitative estimate of drug-likeness (QED) is 0.876. The summed E-state index contributed by atoms with van der Waals surface area (Å²) in [5.41, 5.74) is 0.162. The number of benzene rings is 1. The summed E-state index contributed by atoms with van der Waals surface area (Å²) in [4.78, 5) is 14.1. The van der Waals surface area contributed by atoms with Gasteiger partial charge in [0, 0.05) is 24.8 Å². The van der Waals surface area contributed by atoms with Crippen molar-refractivity contribution in [1.82, 2.24) is 5.32 Å². The molecule has 3 rings (SSSR count). The lowest BCUT2D eigenvalue weighted by atomic mass is 9.81. The molecule has 0 saturated carbocycles. The second-order valence-corrected chi connectivity index (χ2v) is 7.62. The van der Waals surface area contributed by atoms with Crippen molar-refractivity contribution in [3.63, 3.8) is 0 Å². The van der Waals surface area contributed by atoms with Gasteiger partial charge in [0.25, 0.3) is 5.91 Å². The summed E-state index contributed by atoms with van der Waals surface area (Å²) in [6.07, 6.45) is 5.87. The zero-order valence-electron chi connectivity index (χ0n) is 14.1. The molecular weight excluding hydrogens is 291 g/mol. The Morgan fingerprint density at radius 1 is 1.26 bits per heavy atom. The third-order valence-electron chi connectivity index (χ3n) is 5.39. The molecule has 1 amide bonds. The second kappa shape index (κ2) is 7.00. The van der Waals surface area contributed by atoms with E-state index in [2.05, 4.69) is 19.2 Å². The number of amides is 1. The van der Waals surface area contributed by atoms with Crippen LogP contribution in [-0.4, -0.2) is 30.6 Å². The summed E-state index contributed by atoms with van der Waals surface area (Å²) >= 11 is 0. The number of carbonyl (C=O) groups excluding carboxylic acids is 1. The Morgan fingerprint density at radius 3 is 2.52 bits per heavy atom. The van der Waals surface area contributed by atoms with Crippen molar-refractivity contribution in [3.8, 4) is 0 Å². The van der Waals surface area contributed by atoms with Crippen molar-refractivity contribution in [2.24, 2.45) is 5.92 Å². The molecule has 23 heavy (non-hydrogen) atoms. The van der Waals surface area contributed by atoms with Gasteiger partial charge in [-0.2, -0.15) is 0 Å². The first-order valence-corrected chi connectivity index (χ1v) is 8.95. The summed E-state index contributed by atoms with van der Waals surface area (Å²) in [6.45, 7) is 5.80. The minimum Gasteiger partial charge on any atom is -0.349 e. The van der Waals surface area contributed by atoms with Gasteiger partial charge in [-0.15, -0.1) is 0 Å². The fourth-order valence-electron chi connectivity index (χ4n) is 4.47. The first-order valence-electron chi connectivity index (χ1n) is 8.95. The first kappa shape index (κ1) is 16.4. The number of halogens is 1. The first-order chi connectivity index (χ1) is 11.0. The Kier molecular flexibility index (Phi) is 5.00. The molecule has 2 N–H and O–H groups in total. The van der Waals surface area contributed by atoms with Gasteiger partial charge in [-0.25, -0.2) is 4.39 Å². The number of hydrogen-bond donors (Lipinski definition) is 2. The van der Waals surface area contributed by atoms with Gasteiger partial charge in [-0.3, -0.25) is 4.79 Å². The van der Waals surface area contributed by atoms with Crippen LogP contribution in [0.5, 0.6) is 0 Å². The molecule has 0 aliphatic carbocycles. The minimum absolute atomic E-state index is 0.162. The Bertz CT molecular complexity index is 546. The average Bonchev–Trinajstić information content (AvgIpc) is 2.47. The van der Waals surface area contributed by atoms with Crippen LogP contribution in [0.15, 0.2) is 24.3 Å². The predicted molar refractivity (Wildman–Crippen MR) is 89.0 cm³/mol. The van der Waals surface area contributed by atoms with Gasteiger partial charge in [0.1, 0.15) is 5.82 Å². The molecule has 3 nitrogen and oxygen atoms in total. The maximum absolute atomic E-state index is 13.8. The van der Waals surface area contributed by atoms with Gasteiger partial charge in [-0.1, -0.05) is 26.0 Å². The van der Waals surface area contributed by atoms with E-state index in [4.69, 9.17) is 0 Å². The number of rotatable bonds is 4. The normalized spacial score (nSPS) is 30.3. The maximum Gasteiger partial charge on any atom is 0.254 e. The minimum atomic E-state index is -0.437. The van der Waals surface area contributed by atoms with Crippen LogP contribution in [0.2, 0.25) is 0 Å². The molecule has 2 fully saturated rings. The average molecular weight is 319 g/mol. The van der Waals surface area contributed by atoms with Crippen molar-refractivity contribution >= 4 is 5.91 Å². The van der Waals surface area contributed by atoms with Crippen LogP contribution < -0.4 is 10.2 Å². The molecule has 2 aliphatic rings. The molecule has 126 valence electrons. The van der Waals surface area contributed by atoms with E-state index >= 15 is 0 Å². The number of piperidine rings is 2. The molecule has 0 aromatic heterocycles. The lowest BCUT2D eigenvalue weighted by Gasteiger charge is -2.46. The van der Waals surface area contributed by atoms with Gasteiger partial charge in [0.2, 0.25) is 0 Å². The fourth-order valence-corrected chi connectivity index (χ4v) is 4.47. The highest BCUT2D eigenvalue weighted by Gasteiger charge is 2.42. The summed E-state index contributed by atoms with van der Waals surface area (Å²) in [5.74, 6) is 0.00389. The molecule has 0 spiro atoms. The number of hydrogen-bond acceptors (Lipinski definition) is 1. The van der Waals surface area contributed by atoms with E-state index in [0.29, 0.717) is 18.0 Å². The highest BCUT2D eigenvalue weighted by atomic mass is 19.1. The van der Waals surface area contributed by atoms with Crippen molar-refractivity contribution in [3.05, 3.63) is 35.6 Å².